The van der Waals surface area contributed by atoms with Crippen LogP contribution in [0.5, 0.6) is 0 Å². The quantitative estimate of drug-likeness (QED) is 0.773. The van der Waals surface area contributed by atoms with Gasteiger partial charge in [-0.1, -0.05) is 6.92 Å². The van der Waals surface area contributed by atoms with Crippen LogP contribution in [0.4, 0.5) is 0 Å². The molecule has 0 aromatic rings. The van der Waals surface area contributed by atoms with E-state index in [0.29, 0.717) is 0 Å². The Balaban J connectivity index is 2.52. The lowest BCUT2D eigenvalue weighted by Crippen LogP contribution is -2.56. The number of esters is 1. The minimum absolute atomic E-state index is 0.0179. The van der Waals surface area contributed by atoms with E-state index < -0.39 is 11.9 Å². The van der Waals surface area contributed by atoms with Crippen LogP contribution < -0.4 is 0 Å². The predicted octanol–water partition coefficient (Wildman–Crippen LogP) is 1.51. The van der Waals surface area contributed by atoms with E-state index in [-0.39, 0.29) is 30.4 Å². The number of nitrogens with zero attached hydrogens (tertiary/aromatic N) is 1. The monoisotopic (exact) mass is 257 g/mol. The summed E-state index contributed by atoms with van der Waals surface area (Å²) in [5.41, 5.74) is -0.0179. The maximum atomic E-state index is 11.6. The first-order chi connectivity index (χ1) is 8.25. The minimum atomic E-state index is -0.969. The average molecular weight is 257 g/mol. The van der Waals surface area contributed by atoms with Crippen molar-refractivity contribution in [2.24, 2.45) is 5.92 Å². The number of aliphatic carboxylic acids is 1. The van der Waals surface area contributed by atoms with E-state index in [4.69, 9.17) is 9.84 Å². The van der Waals surface area contributed by atoms with Crippen LogP contribution in [0.2, 0.25) is 0 Å². The van der Waals surface area contributed by atoms with Crippen molar-refractivity contribution in [1.29, 1.82) is 0 Å². The van der Waals surface area contributed by atoms with Crippen LogP contribution in [0.25, 0.3) is 0 Å². The molecule has 2 unspecified atom stereocenters. The zero-order valence-electron chi connectivity index (χ0n) is 11.6. The number of carbonyl (C=O) groups excluding carboxylic acids is 1. The summed E-state index contributed by atoms with van der Waals surface area (Å²) < 4.78 is 5.41. The second-order valence-corrected chi connectivity index (χ2v) is 5.57. The van der Waals surface area contributed by atoms with Crippen molar-refractivity contribution in [3.63, 3.8) is 0 Å². The first-order valence-corrected chi connectivity index (χ1v) is 6.37. The summed E-state index contributed by atoms with van der Waals surface area (Å²) in [7, 11) is 2.07. The van der Waals surface area contributed by atoms with Crippen molar-refractivity contribution in [2.45, 2.75) is 51.7 Å². The molecule has 1 aliphatic heterocycles. The normalized spacial score (nSPS) is 27.8. The van der Waals surface area contributed by atoms with Gasteiger partial charge in [-0.3, -0.25) is 9.59 Å². The average Bonchev–Trinajstić information content (AvgIpc) is 2.28. The Morgan fingerprint density at radius 3 is 2.56 bits per heavy atom. The third-order valence-corrected chi connectivity index (χ3v) is 4.23. The summed E-state index contributed by atoms with van der Waals surface area (Å²) in [5.74, 6) is -1.15. The van der Waals surface area contributed by atoms with Crippen LogP contribution in [-0.4, -0.2) is 47.2 Å². The molecule has 104 valence electrons. The van der Waals surface area contributed by atoms with Crippen molar-refractivity contribution in [3.05, 3.63) is 0 Å². The molecule has 1 rings (SSSR count). The molecule has 0 spiro atoms. The highest BCUT2D eigenvalue weighted by molar-refractivity contribution is 5.76. The maximum absolute atomic E-state index is 11.6. The summed E-state index contributed by atoms with van der Waals surface area (Å²) in [6.07, 6.45) is 0.482. The lowest BCUT2D eigenvalue weighted by molar-refractivity contribution is -0.161. The van der Waals surface area contributed by atoms with Gasteiger partial charge in [0.15, 0.2) is 0 Å². The Morgan fingerprint density at radius 1 is 1.39 bits per heavy atom. The van der Waals surface area contributed by atoms with Crippen molar-refractivity contribution in [1.82, 2.24) is 4.90 Å². The van der Waals surface area contributed by atoms with Crippen LogP contribution >= 0.6 is 0 Å². The smallest absolute Gasteiger partial charge is 0.306 e. The number of likely N-dealkylation sites (tertiary alicyclic amines) is 1. The lowest BCUT2D eigenvalue weighted by Gasteiger charge is -2.48. The van der Waals surface area contributed by atoms with Gasteiger partial charge in [-0.15, -0.1) is 0 Å². The Bertz CT molecular complexity index is 327. The molecule has 18 heavy (non-hydrogen) atoms. The van der Waals surface area contributed by atoms with Crippen LogP contribution in [-0.2, 0) is 14.3 Å². The van der Waals surface area contributed by atoms with Crippen LogP contribution in [0.1, 0.15) is 40.0 Å². The van der Waals surface area contributed by atoms with Gasteiger partial charge in [0, 0.05) is 18.0 Å². The highest BCUT2D eigenvalue weighted by atomic mass is 16.5. The number of carbonyl (C=O) groups is 2. The van der Waals surface area contributed by atoms with Crippen molar-refractivity contribution >= 4 is 11.9 Å². The third-order valence-electron chi connectivity index (χ3n) is 4.23. The topological polar surface area (TPSA) is 66.8 Å². The van der Waals surface area contributed by atoms with Crippen LogP contribution in [0.3, 0.4) is 0 Å². The van der Waals surface area contributed by atoms with Crippen molar-refractivity contribution < 1.29 is 19.4 Å². The molecular weight excluding hydrogens is 234 g/mol. The molecular formula is C13H23NO4. The van der Waals surface area contributed by atoms with Gasteiger partial charge in [-0.2, -0.15) is 0 Å². The summed E-state index contributed by atoms with van der Waals surface area (Å²) in [4.78, 5) is 24.2. The fourth-order valence-corrected chi connectivity index (χ4v) is 2.26. The molecule has 1 saturated heterocycles. The third kappa shape index (κ3) is 3.45. The second kappa shape index (κ2) is 5.69. The summed E-state index contributed by atoms with van der Waals surface area (Å²) in [5, 5.41) is 8.52. The van der Waals surface area contributed by atoms with Crippen molar-refractivity contribution in [3.8, 4) is 0 Å². The van der Waals surface area contributed by atoms with Gasteiger partial charge in [-0.25, -0.2) is 0 Å². The van der Waals surface area contributed by atoms with Gasteiger partial charge in [0.2, 0.25) is 0 Å². The molecule has 1 aliphatic rings. The number of hydrogen-bond acceptors (Lipinski definition) is 4. The number of hydrogen-bond donors (Lipinski definition) is 1. The van der Waals surface area contributed by atoms with Gasteiger partial charge in [0.1, 0.15) is 6.10 Å². The first kappa shape index (κ1) is 15.0. The van der Waals surface area contributed by atoms with E-state index in [2.05, 4.69) is 32.7 Å². The highest BCUT2D eigenvalue weighted by Crippen LogP contribution is 2.33. The zero-order chi connectivity index (χ0) is 13.9. The van der Waals surface area contributed by atoms with Gasteiger partial charge in [-0.05, 0) is 27.3 Å². The molecule has 0 aliphatic carbocycles. The van der Waals surface area contributed by atoms with E-state index in [1.807, 2.05) is 0 Å². The molecule has 2 atom stereocenters. The minimum Gasteiger partial charge on any atom is -0.481 e. The fourth-order valence-electron chi connectivity index (χ4n) is 2.26. The number of carboxylic acids is 1. The standard InChI is InChI=1S/C13H23NO4/c1-9-10(7-8-14(4)13(9,2)3)18-12(17)6-5-11(15)16/h9-10H,5-8H2,1-4H3,(H,15,16). The summed E-state index contributed by atoms with van der Waals surface area (Å²) in [6, 6.07) is 0. The molecule has 5 nitrogen and oxygen atoms in total. The lowest BCUT2D eigenvalue weighted by atomic mass is 9.79. The SMILES string of the molecule is CC1C(OC(=O)CCC(=O)O)CCN(C)C1(C)C. The van der Waals surface area contributed by atoms with Crippen LogP contribution in [0, 0.1) is 5.92 Å². The molecule has 0 bridgehead atoms. The summed E-state index contributed by atoms with van der Waals surface area (Å²) >= 11 is 0. The molecule has 0 aromatic heterocycles. The van der Waals surface area contributed by atoms with E-state index in [1.165, 1.54) is 0 Å². The van der Waals surface area contributed by atoms with Gasteiger partial charge in [0.05, 0.1) is 12.8 Å². The van der Waals surface area contributed by atoms with E-state index >= 15 is 0 Å². The Kier molecular flexibility index (Phi) is 4.73. The van der Waals surface area contributed by atoms with Crippen LogP contribution in [0.15, 0.2) is 0 Å². The van der Waals surface area contributed by atoms with E-state index in [9.17, 15) is 9.59 Å². The number of rotatable bonds is 4. The summed E-state index contributed by atoms with van der Waals surface area (Å²) in [6.45, 7) is 7.23. The Morgan fingerprint density at radius 2 is 2.00 bits per heavy atom. The molecule has 0 aromatic carbocycles. The Hall–Kier alpha value is -1.10. The predicted molar refractivity (Wildman–Crippen MR) is 67.2 cm³/mol. The van der Waals surface area contributed by atoms with Gasteiger partial charge in [0.25, 0.3) is 0 Å². The second-order valence-electron chi connectivity index (χ2n) is 5.57. The molecule has 1 N–H and O–H groups in total. The van der Waals surface area contributed by atoms with E-state index in [0.717, 1.165) is 13.0 Å². The fraction of sp³-hybridized carbons (Fsp3) is 0.846. The molecule has 0 saturated carbocycles. The molecule has 1 heterocycles. The highest BCUT2D eigenvalue weighted by Gasteiger charge is 2.41. The maximum Gasteiger partial charge on any atom is 0.306 e. The largest absolute Gasteiger partial charge is 0.481 e. The number of piperidine rings is 1. The molecule has 1 fully saturated rings. The van der Waals surface area contributed by atoms with E-state index in [1.54, 1.807) is 0 Å². The Labute approximate surface area is 108 Å². The molecule has 0 radical (unpaired) electrons. The van der Waals surface area contributed by atoms with Crippen molar-refractivity contribution in [2.75, 3.05) is 13.6 Å². The first-order valence-electron chi connectivity index (χ1n) is 6.37. The van der Waals surface area contributed by atoms with Gasteiger partial charge < -0.3 is 14.7 Å². The molecule has 5 heteroatoms. The number of ether oxygens (including phenoxy) is 1. The van der Waals surface area contributed by atoms with Gasteiger partial charge >= 0.3 is 11.9 Å². The zero-order valence-corrected chi connectivity index (χ0v) is 11.6. The molecule has 0 amide bonds. The number of carboxylic acid groups (broad SMARTS) is 1.